The zero-order valence-corrected chi connectivity index (χ0v) is 16.8. The van der Waals surface area contributed by atoms with Gasteiger partial charge in [-0.3, -0.25) is 4.79 Å². The number of hydrogen-bond donors (Lipinski definition) is 1. The number of dihydropyridines is 1. The van der Waals surface area contributed by atoms with Crippen LogP contribution in [0.5, 0.6) is 0 Å². The summed E-state index contributed by atoms with van der Waals surface area (Å²) in [6, 6.07) is 14.1. The first-order chi connectivity index (χ1) is 14.1. The smallest absolute Gasteiger partial charge is 0.336 e. The molecule has 2 aromatic rings. The van der Waals surface area contributed by atoms with E-state index in [4.69, 9.17) is 9.47 Å². The monoisotopic (exact) mass is 391 g/mol. The van der Waals surface area contributed by atoms with E-state index in [1.807, 2.05) is 49.4 Å². The van der Waals surface area contributed by atoms with E-state index in [0.717, 1.165) is 40.6 Å². The Bertz CT molecular complexity index is 1030. The van der Waals surface area contributed by atoms with Crippen molar-refractivity contribution in [2.45, 2.75) is 32.1 Å². The lowest BCUT2D eigenvalue weighted by atomic mass is 9.74. The number of rotatable bonds is 5. The van der Waals surface area contributed by atoms with Gasteiger partial charge in [-0.05, 0) is 36.1 Å². The van der Waals surface area contributed by atoms with Crippen LogP contribution in [0, 0.1) is 0 Å². The van der Waals surface area contributed by atoms with Crippen LogP contribution in [0.15, 0.2) is 65.0 Å². The van der Waals surface area contributed by atoms with Gasteiger partial charge in [0, 0.05) is 36.4 Å². The first-order valence-electron chi connectivity index (χ1n) is 9.99. The van der Waals surface area contributed by atoms with Crippen LogP contribution in [-0.2, 0) is 19.1 Å². The average Bonchev–Trinajstić information content (AvgIpc) is 2.72. The molecule has 0 aromatic heterocycles. The van der Waals surface area contributed by atoms with Crippen LogP contribution in [-0.4, -0.2) is 32.1 Å². The van der Waals surface area contributed by atoms with E-state index in [2.05, 4.69) is 5.32 Å². The van der Waals surface area contributed by atoms with Crippen LogP contribution in [0.3, 0.4) is 0 Å². The maximum atomic E-state index is 13.1. The summed E-state index contributed by atoms with van der Waals surface area (Å²) in [5.74, 6) is -0.735. The Balaban J connectivity index is 1.88. The van der Waals surface area contributed by atoms with E-state index in [0.29, 0.717) is 24.2 Å². The second-order valence-electron chi connectivity index (χ2n) is 7.46. The molecule has 2 aliphatic rings. The minimum Gasteiger partial charge on any atom is -0.460 e. The highest BCUT2D eigenvalue weighted by molar-refractivity contribution is 6.05. The number of ketones is 1. The van der Waals surface area contributed by atoms with Gasteiger partial charge in [0.25, 0.3) is 0 Å². The number of Topliss-reactive ketones (excluding diaryl/α,β-unsaturated/α-hetero) is 1. The Kier molecular flexibility index (Phi) is 5.49. The van der Waals surface area contributed by atoms with Crippen LogP contribution < -0.4 is 5.32 Å². The topological polar surface area (TPSA) is 64.6 Å². The van der Waals surface area contributed by atoms with Crippen molar-refractivity contribution >= 4 is 22.5 Å². The molecule has 29 heavy (non-hydrogen) atoms. The predicted octanol–water partition coefficient (Wildman–Crippen LogP) is 4.00. The van der Waals surface area contributed by atoms with Crippen LogP contribution in [0.1, 0.15) is 37.7 Å². The fraction of sp³-hybridized carbons (Fsp3) is 0.333. The Morgan fingerprint density at radius 2 is 1.90 bits per heavy atom. The molecule has 1 atom stereocenters. The number of allylic oxidation sites excluding steroid dienone is 3. The third kappa shape index (κ3) is 3.58. The number of carbonyl (C=O) groups excluding carboxylic acids is 2. The maximum absolute atomic E-state index is 13.1. The minimum atomic E-state index is -0.430. The molecule has 0 unspecified atom stereocenters. The van der Waals surface area contributed by atoms with Crippen molar-refractivity contribution in [2.75, 3.05) is 20.3 Å². The summed E-state index contributed by atoms with van der Waals surface area (Å²) in [7, 11) is 1.57. The molecule has 5 nitrogen and oxygen atoms in total. The largest absolute Gasteiger partial charge is 0.460 e. The van der Waals surface area contributed by atoms with Gasteiger partial charge in [0.05, 0.1) is 12.2 Å². The molecule has 1 aliphatic heterocycles. The fourth-order valence-electron chi connectivity index (χ4n) is 4.36. The molecule has 0 bridgehead atoms. The molecule has 2 aromatic carbocycles. The molecule has 1 N–H and O–H groups in total. The molecule has 1 aliphatic carbocycles. The predicted molar refractivity (Wildman–Crippen MR) is 111 cm³/mol. The van der Waals surface area contributed by atoms with Gasteiger partial charge in [0.15, 0.2) is 5.78 Å². The van der Waals surface area contributed by atoms with E-state index >= 15 is 0 Å². The molecule has 0 spiro atoms. The van der Waals surface area contributed by atoms with Crippen molar-refractivity contribution in [3.05, 3.63) is 70.6 Å². The second-order valence-corrected chi connectivity index (χ2v) is 7.46. The Morgan fingerprint density at radius 1 is 1.10 bits per heavy atom. The molecular weight excluding hydrogens is 366 g/mol. The Morgan fingerprint density at radius 3 is 2.72 bits per heavy atom. The van der Waals surface area contributed by atoms with Crippen LogP contribution in [0.25, 0.3) is 10.8 Å². The van der Waals surface area contributed by atoms with E-state index in [1.165, 1.54) is 0 Å². The number of carbonyl (C=O) groups is 2. The third-order valence-electron chi connectivity index (χ3n) is 5.65. The molecule has 0 radical (unpaired) electrons. The SMILES string of the molecule is COCCOC(=O)C1=C(C)NC2=C(C(=O)CCC2)[C@H]1c1cccc2ccccc12. The molecule has 4 rings (SSSR count). The standard InChI is InChI=1S/C24H25NO4/c1-15-21(24(27)29-14-13-28-2)22(23-19(25-15)11-6-12-20(23)26)18-10-5-8-16-7-3-4-9-17(16)18/h3-5,7-10,22,25H,6,11-14H2,1-2H3/t22-/m0/s1. The van der Waals surface area contributed by atoms with Crippen molar-refractivity contribution in [2.24, 2.45) is 0 Å². The lowest BCUT2D eigenvalue weighted by Crippen LogP contribution is -2.34. The molecule has 0 saturated carbocycles. The average molecular weight is 391 g/mol. The van der Waals surface area contributed by atoms with Crippen LogP contribution in [0.2, 0.25) is 0 Å². The van der Waals surface area contributed by atoms with E-state index in [9.17, 15) is 9.59 Å². The number of hydrogen-bond acceptors (Lipinski definition) is 5. The van der Waals surface area contributed by atoms with Crippen molar-refractivity contribution < 1.29 is 19.1 Å². The first-order valence-corrected chi connectivity index (χ1v) is 9.99. The van der Waals surface area contributed by atoms with Crippen molar-refractivity contribution in [1.82, 2.24) is 5.32 Å². The molecule has 0 fully saturated rings. The molecule has 5 heteroatoms. The van der Waals surface area contributed by atoms with Crippen molar-refractivity contribution in [1.29, 1.82) is 0 Å². The van der Waals surface area contributed by atoms with E-state index < -0.39 is 11.9 Å². The summed E-state index contributed by atoms with van der Waals surface area (Å²) >= 11 is 0. The molecule has 1 heterocycles. The van der Waals surface area contributed by atoms with Gasteiger partial charge in [-0.1, -0.05) is 42.5 Å². The number of ether oxygens (including phenoxy) is 2. The van der Waals surface area contributed by atoms with Crippen LogP contribution >= 0.6 is 0 Å². The minimum absolute atomic E-state index is 0.103. The number of nitrogens with one attached hydrogen (secondary N) is 1. The van der Waals surface area contributed by atoms with Gasteiger partial charge in [-0.25, -0.2) is 4.79 Å². The summed E-state index contributed by atoms with van der Waals surface area (Å²) < 4.78 is 10.5. The number of methoxy groups -OCH3 is 1. The summed E-state index contributed by atoms with van der Waals surface area (Å²) in [6.45, 7) is 2.39. The zero-order chi connectivity index (χ0) is 20.4. The van der Waals surface area contributed by atoms with Gasteiger partial charge in [-0.2, -0.15) is 0 Å². The second kappa shape index (κ2) is 8.21. The quantitative estimate of drug-likeness (QED) is 0.617. The zero-order valence-electron chi connectivity index (χ0n) is 16.8. The van der Waals surface area contributed by atoms with E-state index in [-0.39, 0.29) is 12.4 Å². The van der Waals surface area contributed by atoms with Gasteiger partial charge in [-0.15, -0.1) is 0 Å². The highest BCUT2D eigenvalue weighted by atomic mass is 16.6. The van der Waals surface area contributed by atoms with Gasteiger partial charge in [0.1, 0.15) is 6.61 Å². The van der Waals surface area contributed by atoms with Crippen LogP contribution in [0.4, 0.5) is 0 Å². The van der Waals surface area contributed by atoms with E-state index in [1.54, 1.807) is 7.11 Å². The lowest BCUT2D eigenvalue weighted by molar-refractivity contribution is -0.140. The number of esters is 1. The summed E-state index contributed by atoms with van der Waals surface area (Å²) in [5.41, 5.74) is 3.86. The van der Waals surface area contributed by atoms with Gasteiger partial charge in [0.2, 0.25) is 0 Å². The third-order valence-corrected chi connectivity index (χ3v) is 5.65. The fourth-order valence-corrected chi connectivity index (χ4v) is 4.36. The molecular formula is C24H25NO4. The van der Waals surface area contributed by atoms with Gasteiger partial charge < -0.3 is 14.8 Å². The molecule has 0 amide bonds. The Hall–Kier alpha value is -2.92. The number of benzene rings is 2. The number of fused-ring (bicyclic) bond motifs is 1. The molecule has 0 saturated heterocycles. The van der Waals surface area contributed by atoms with Crippen molar-refractivity contribution in [3.63, 3.8) is 0 Å². The highest BCUT2D eigenvalue weighted by Gasteiger charge is 2.39. The maximum Gasteiger partial charge on any atom is 0.336 e. The highest BCUT2D eigenvalue weighted by Crippen LogP contribution is 2.44. The Labute approximate surface area is 170 Å². The van der Waals surface area contributed by atoms with Gasteiger partial charge >= 0.3 is 5.97 Å². The lowest BCUT2D eigenvalue weighted by Gasteiger charge is -2.34. The summed E-state index contributed by atoms with van der Waals surface area (Å²) in [4.78, 5) is 26.1. The normalized spacial score (nSPS) is 19.2. The van der Waals surface area contributed by atoms with Crippen molar-refractivity contribution in [3.8, 4) is 0 Å². The molecule has 150 valence electrons. The summed E-state index contributed by atoms with van der Waals surface area (Å²) in [6.07, 6.45) is 2.15. The summed E-state index contributed by atoms with van der Waals surface area (Å²) in [5, 5.41) is 5.45. The first kappa shape index (κ1) is 19.4.